The topological polar surface area (TPSA) is 78.4 Å². The molecule has 0 saturated heterocycles. The van der Waals surface area contributed by atoms with Crippen LogP contribution in [-0.4, -0.2) is 15.3 Å². The van der Waals surface area contributed by atoms with Gasteiger partial charge in [-0.05, 0) is 109 Å². The van der Waals surface area contributed by atoms with Crippen LogP contribution in [0.5, 0.6) is 0 Å². The number of carboxylic acids is 1. The Hall–Kier alpha value is -3.12. The molecule has 3 N–H and O–H groups in total. The number of carboxylic acid groups (broad SMARTS) is 1. The molecular weight excluding hydrogens is 480 g/mol. The second kappa shape index (κ2) is 10.7. The Morgan fingerprint density at radius 1 is 0.919 bits per heavy atom. The molecule has 5 nitrogen and oxygen atoms in total. The van der Waals surface area contributed by atoms with Crippen molar-refractivity contribution in [2.75, 3.05) is 10.0 Å². The molecule has 0 heterocycles. The van der Waals surface area contributed by atoms with Crippen molar-refractivity contribution < 1.29 is 14.1 Å². The highest BCUT2D eigenvalue weighted by Gasteiger charge is 2.42. The minimum absolute atomic E-state index is 0.204. The first-order valence-corrected chi connectivity index (χ1v) is 14.5. The normalized spacial score (nSPS) is 25.7. The maximum atomic E-state index is 13.0. The van der Waals surface area contributed by atoms with Gasteiger partial charge in [-0.25, -0.2) is 9.00 Å². The van der Waals surface area contributed by atoms with Gasteiger partial charge >= 0.3 is 5.97 Å². The van der Waals surface area contributed by atoms with Gasteiger partial charge in [0, 0.05) is 11.4 Å². The van der Waals surface area contributed by atoms with E-state index in [9.17, 15) is 14.1 Å². The van der Waals surface area contributed by atoms with Crippen molar-refractivity contribution >= 4 is 34.0 Å². The van der Waals surface area contributed by atoms with Crippen LogP contribution in [0.3, 0.4) is 0 Å². The summed E-state index contributed by atoms with van der Waals surface area (Å²) in [5.74, 6) is 1.63. The van der Waals surface area contributed by atoms with Gasteiger partial charge in [-0.15, -0.1) is 0 Å². The Morgan fingerprint density at radius 3 is 2.16 bits per heavy atom. The summed E-state index contributed by atoms with van der Waals surface area (Å²) in [4.78, 5) is 12.1. The summed E-state index contributed by atoms with van der Waals surface area (Å²) in [7, 11) is -1.40. The van der Waals surface area contributed by atoms with E-state index in [-0.39, 0.29) is 11.0 Å². The van der Waals surface area contributed by atoms with E-state index in [1.54, 1.807) is 48.5 Å². The lowest BCUT2D eigenvalue weighted by Gasteiger charge is -2.48. The summed E-state index contributed by atoms with van der Waals surface area (Å²) in [6.45, 7) is 4.77. The first-order valence-electron chi connectivity index (χ1n) is 13.3. The Kier molecular flexibility index (Phi) is 7.38. The van der Waals surface area contributed by atoms with E-state index in [0.717, 1.165) is 29.1 Å². The second-order valence-electron chi connectivity index (χ2n) is 11.1. The molecule has 2 bridgehead atoms. The smallest absolute Gasteiger partial charge is 0.337 e. The van der Waals surface area contributed by atoms with E-state index in [1.807, 2.05) is 0 Å². The van der Waals surface area contributed by atoms with Gasteiger partial charge in [0.1, 0.15) is 11.0 Å². The number of hydrogen-bond donors (Lipinski definition) is 3. The molecule has 0 spiro atoms. The Morgan fingerprint density at radius 2 is 1.54 bits per heavy atom. The number of carbonyl (C=O) groups is 1. The summed E-state index contributed by atoms with van der Waals surface area (Å²) in [6.07, 6.45) is 8.06. The van der Waals surface area contributed by atoms with Crippen molar-refractivity contribution in [3.63, 3.8) is 0 Å². The molecule has 194 valence electrons. The van der Waals surface area contributed by atoms with Crippen molar-refractivity contribution in [1.29, 1.82) is 0 Å². The van der Waals surface area contributed by atoms with E-state index < -0.39 is 17.0 Å². The average molecular weight is 517 g/mol. The van der Waals surface area contributed by atoms with Crippen molar-refractivity contribution in [2.24, 2.45) is 17.8 Å². The van der Waals surface area contributed by atoms with Crippen molar-refractivity contribution in [3.05, 3.63) is 83.9 Å². The van der Waals surface area contributed by atoms with E-state index >= 15 is 0 Å². The summed E-state index contributed by atoms with van der Waals surface area (Å²) < 4.78 is 16.1. The number of aromatic carboxylic acids is 1. The molecule has 3 unspecified atom stereocenters. The largest absolute Gasteiger partial charge is 0.478 e. The van der Waals surface area contributed by atoms with Crippen LogP contribution in [-0.2, 0) is 16.4 Å². The predicted molar refractivity (Wildman–Crippen MR) is 151 cm³/mol. The highest BCUT2D eigenvalue weighted by atomic mass is 32.2. The van der Waals surface area contributed by atoms with Crippen LogP contribution >= 0.6 is 0 Å². The van der Waals surface area contributed by atoms with E-state index in [2.05, 4.69) is 48.2 Å². The maximum Gasteiger partial charge on any atom is 0.337 e. The molecule has 3 aromatic rings. The van der Waals surface area contributed by atoms with Crippen molar-refractivity contribution in [2.45, 2.75) is 62.7 Å². The molecule has 0 amide bonds. The number of para-hydroxylation sites is 1. The summed E-state index contributed by atoms with van der Waals surface area (Å²) in [6, 6.07) is 22.5. The molecule has 0 radical (unpaired) electrons. The number of anilines is 3. The first-order chi connectivity index (χ1) is 17.8. The molecule has 3 atom stereocenters. The van der Waals surface area contributed by atoms with Crippen molar-refractivity contribution in [3.8, 4) is 0 Å². The third-order valence-corrected chi connectivity index (χ3v) is 9.47. The number of hydrogen-bond acceptors (Lipinski definition) is 3. The van der Waals surface area contributed by atoms with Crippen LogP contribution in [0.2, 0.25) is 0 Å². The highest BCUT2D eigenvalue weighted by Crippen LogP contribution is 2.52. The summed E-state index contributed by atoms with van der Waals surface area (Å²) in [5.41, 5.74) is 3.91. The van der Waals surface area contributed by atoms with Gasteiger partial charge in [-0.3, -0.25) is 0 Å². The monoisotopic (exact) mass is 516 g/mol. The van der Waals surface area contributed by atoms with Gasteiger partial charge in [0.05, 0.1) is 16.1 Å². The lowest BCUT2D eigenvalue weighted by molar-refractivity contribution is 0.0698. The molecule has 5 rings (SSSR count). The van der Waals surface area contributed by atoms with Crippen molar-refractivity contribution in [1.82, 2.24) is 0 Å². The summed E-state index contributed by atoms with van der Waals surface area (Å²) >= 11 is 0. The Labute approximate surface area is 222 Å². The quantitative estimate of drug-likeness (QED) is 0.286. The zero-order valence-corrected chi connectivity index (χ0v) is 22.4. The zero-order valence-electron chi connectivity index (χ0n) is 21.6. The maximum absolute atomic E-state index is 13.0. The molecule has 3 aromatic carbocycles. The fraction of sp³-hybridized carbons (Fsp3) is 0.387. The molecular formula is C31H36N2O3S. The van der Waals surface area contributed by atoms with Gasteiger partial charge in [-0.2, -0.15) is 0 Å². The van der Waals surface area contributed by atoms with E-state index in [4.69, 9.17) is 0 Å². The van der Waals surface area contributed by atoms with Crippen LogP contribution in [0.4, 0.5) is 17.1 Å². The third kappa shape index (κ3) is 5.74. The lowest BCUT2D eigenvalue weighted by atomic mass is 9.57. The van der Waals surface area contributed by atoms with Crippen LogP contribution in [0.25, 0.3) is 0 Å². The minimum Gasteiger partial charge on any atom is -0.478 e. The first kappa shape index (κ1) is 25.5. The molecule has 2 aliphatic rings. The molecule has 2 fully saturated rings. The molecule has 2 saturated carbocycles. The number of nitrogens with one attached hydrogen (secondary N) is 2. The van der Waals surface area contributed by atoms with E-state index in [1.165, 1.54) is 44.1 Å². The second-order valence-corrected chi connectivity index (χ2v) is 12.3. The molecule has 6 heteroatoms. The van der Waals surface area contributed by atoms with Gasteiger partial charge in [0.25, 0.3) is 0 Å². The Balaban J connectivity index is 1.21. The van der Waals surface area contributed by atoms with Crippen LogP contribution in [0.1, 0.15) is 68.3 Å². The van der Waals surface area contributed by atoms with E-state index in [0.29, 0.717) is 10.6 Å². The minimum atomic E-state index is -1.40. The Bertz CT molecular complexity index is 1260. The SMILES string of the molecule is CCC1CC2CC(C1)CC(C)(c1ccc(NS(=O)c3ccc(Nc4ccccc4C(=O)O)cc3)cc1)C2. The van der Waals surface area contributed by atoms with Crippen LogP contribution in [0.15, 0.2) is 77.7 Å². The van der Waals surface area contributed by atoms with Gasteiger partial charge < -0.3 is 15.1 Å². The molecule has 0 aliphatic heterocycles. The number of rotatable bonds is 8. The fourth-order valence-electron chi connectivity index (χ4n) is 6.67. The zero-order chi connectivity index (χ0) is 26.0. The number of benzene rings is 3. The standard InChI is InChI=1S/C31H36N2O3S/c1-3-21-16-22-18-23(17-21)20-31(2,19-22)24-8-10-26(11-9-24)33-37(36)27-14-12-25(13-15-27)32-29-7-5-4-6-28(29)30(34)35/h4-15,21-23,32-33H,3,16-20H2,1-2H3,(H,34,35). The fourth-order valence-corrected chi connectivity index (χ4v) is 7.52. The van der Waals surface area contributed by atoms with Gasteiger partial charge in [0.2, 0.25) is 0 Å². The van der Waals surface area contributed by atoms with Crippen LogP contribution in [0, 0.1) is 17.8 Å². The highest BCUT2D eigenvalue weighted by molar-refractivity contribution is 7.86. The summed E-state index contributed by atoms with van der Waals surface area (Å²) in [5, 5.41) is 12.5. The van der Waals surface area contributed by atoms with Gasteiger partial charge in [0.15, 0.2) is 0 Å². The third-order valence-electron chi connectivity index (χ3n) is 8.35. The predicted octanol–water partition coefficient (Wildman–Crippen LogP) is 7.76. The molecule has 0 aromatic heterocycles. The molecule has 2 aliphatic carbocycles. The average Bonchev–Trinajstić information content (AvgIpc) is 2.89. The molecule has 37 heavy (non-hydrogen) atoms. The number of fused-ring (bicyclic) bond motifs is 2. The van der Waals surface area contributed by atoms with Crippen LogP contribution < -0.4 is 10.0 Å². The lowest BCUT2D eigenvalue weighted by Crippen LogP contribution is -2.39. The van der Waals surface area contributed by atoms with Gasteiger partial charge in [-0.1, -0.05) is 44.5 Å².